The zero-order chi connectivity index (χ0) is 13.6. The lowest BCUT2D eigenvalue weighted by molar-refractivity contribution is 0.318. The summed E-state index contributed by atoms with van der Waals surface area (Å²) < 4.78 is 0. The zero-order valence-corrected chi connectivity index (χ0v) is 11.4. The molecule has 0 unspecified atom stereocenters. The lowest BCUT2D eigenvalue weighted by Crippen LogP contribution is -2.29. The van der Waals surface area contributed by atoms with Crippen LogP contribution in [0.25, 0.3) is 0 Å². The SMILES string of the molecule is CCC(C)(C)CNCc1ccccc1/C(N)=N/O. The molecule has 1 aromatic carbocycles. The van der Waals surface area contributed by atoms with E-state index in [9.17, 15) is 0 Å². The van der Waals surface area contributed by atoms with Crippen molar-refractivity contribution in [1.82, 2.24) is 5.32 Å². The molecule has 4 nitrogen and oxygen atoms in total. The molecule has 0 heterocycles. The van der Waals surface area contributed by atoms with Gasteiger partial charge in [-0.05, 0) is 17.4 Å². The quantitative estimate of drug-likeness (QED) is 0.313. The van der Waals surface area contributed by atoms with Crippen LogP contribution in [0.5, 0.6) is 0 Å². The van der Waals surface area contributed by atoms with Crippen LogP contribution in [0.3, 0.4) is 0 Å². The molecule has 0 aliphatic carbocycles. The molecule has 0 saturated heterocycles. The van der Waals surface area contributed by atoms with Crippen LogP contribution in [-0.4, -0.2) is 17.6 Å². The number of nitrogens with one attached hydrogen (secondary N) is 1. The number of nitrogens with zero attached hydrogens (tertiary/aromatic N) is 1. The number of oxime groups is 1. The van der Waals surface area contributed by atoms with E-state index in [0.29, 0.717) is 0 Å². The van der Waals surface area contributed by atoms with Gasteiger partial charge in [-0.3, -0.25) is 0 Å². The van der Waals surface area contributed by atoms with Crippen molar-refractivity contribution in [1.29, 1.82) is 0 Å². The molecule has 0 aliphatic heterocycles. The average Bonchev–Trinajstić information content (AvgIpc) is 2.38. The second-order valence-electron chi connectivity index (χ2n) is 5.26. The summed E-state index contributed by atoms with van der Waals surface area (Å²) in [5.74, 6) is 0.155. The molecule has 0 saturated carbocycles. The van der Waals surface area contributed by atoms with Crippen LogP contribution in [0.15, 0.2) is 29.4 Å². The lowest BCUT2D eigenvalue weighted by atomic mass is 9.90. The lowest BCUT2D eigenvalue weighted by Gasteiger charge is -2.23. The van der Waals surface area contributed by atoms with Crippen molar-refractivity contribution in [3.8, 4) is 0 Å². The fourth-order valence-electron chi connectivity index (χ4n) is 1.64. The highest BCUT2D eigenvalue weighted by molar-refractivity contribution is 5.98. The summed E-state index contributed by atoms with van der Waals surface area (Å²) in [6.45, 7) is 8.31. The van der Waals surface area contributed by atoms with Crippen molar-refractivity contribution in [2.24, 2.45) is 16.3 Å². The smallest absolute Gasteiger partial charge is 0.170 e. The Morgan fingerprint density at radius 3 is 2.67 bits per heavy atom. The van der Waals surface area contributed by atoms with Gasteiger partial charge in [0.1, 0.15) is 0 Å². The maximum Gasteiger partial charge on any atom is 0.170 e. The van der Waals surface area contributed by atoms with Gasteiger partial charge in [0.2, 0.25) is 0 Å². The van der Waals surface area contributed by atoms with E-state index in [0.717, 1.165) is 30.6 Å². The van der Waals surface area contributed by atoms with E-state index in [1.165, 1.54) is 0 Å². The Labute approximate surface area is 109 Å². The third kappa shape index (κ3) is 4.04. The Kier molecular flexibility index (Phi) is 5.16. The first-order valence-electron chi connectivity index (χ1n) is 6.26. The van der Waals surface area contributed by atoms with Crippen molar-refractivity contribution in [3.05, 3.63) is 35.4 Å². The molecule has 1 rings (SSSR count). The van der Waals surface area contributed by atoms with E-state index in [-0.39, 0.29) is 11.3 Å². The van der Waals surface area contributed by atoms with Crippen molar-refractivity contribution in [2.45, 2.75) is 33.7 Å². The van der Waals surface area contributed by atoms with Gasteiger partial charge >= 0.3 is 0 Å². The number of benzene rings is 1. The first-order chi connectivity index (χ1) is 8.50. The fraction of sp³-hybridized carbons (Fsp3) is 0.500. The highest BCUT2D eigenvalue weighted by Gasteiger charge is 2.14. The predicted molar refractivity (Wildman–Crippen MR) is 74.7 cm³/mol. The van der Waals surface area contributed by atoms with Crippen LogP contribution in [0.1, 0.15) is 38.3 Å². The highest BCUT2D eigenvalue weighted by atomic mass is 16.4. The molecule has 0 radical (unpaired) electrons. The average molecular weight is 249 g/mol. The standard InChI is InChI=1S/C14H23N3O/c1-4-14(2,3)10-16-9-11-7-5-6-8-12(11)13(15)17-18/h5-8,16,18H,4,9-10H2,1-3H3,(H2,15,17). The topological polar surface area (TPSA) is 70.6 Å². The van der Waals surface area contributed by atoms with E-state index in [2.05, 4.69) is 31.2 Å². The van der Waals surface area contributed by atoms with Crippen LogP contribution >= 0.6 is 0 Å². The molecular formula is C14H23N3O. The first-order valence-corrected chi connectivity index (χ1v) is 6.26. The maximum absolute atomic E-state index is 8.75. The van der Waals surface area contributed by atoms with Crippen LogP contribution in [0.4, 0.5) is 0 Å². The second-order valence-corrected chi connectivity index (χ2v) is 5.26. The minimum absolute atomic E-state index is 0.155. The van der Waals surface area contributed by atoms with E-state index in [1.54, 1.807) is 0 Å². The first kappa shape index (κ1) is 14.5. The minimum Gasteiger partial charge on any atom is -0.409 e. The molecule has 0 fully saturated rings. The van der Waals surface area contributed by atoms with Gasteiger partial charge in [-0.15, -0.1) is 0 Å². The van der Waals surface area contributed by atoms with Crippen molar-refractivity contribution in [3.63, 3.8) is 0 Å². The van der Waals surface area contributed by atoms with Crippen LogP contribution in [-0.2, 0) is 6.54 Å². The second kappa shape index (κ2) is 6.40. The van der Waals surface area contributed by atoms with Crippen LogP contribution < -0.4 is 11.1 Å². The van der Waals surface area contributed by atoms with Crippen LogP contribution in [0, 0.1) is 5.41 Å². The number of hydrogen-bond donors (Lipinski definition) is 3. The molecule has 1 aromatic rings. The normalized spacial score (nSPS) is 12.7. The van der Waals surface area contributed by atoms with E-state index in [1.807, 2.05) is 24.3 Å². The molecule has 4 N–H and O–H groups in total. The molecule has 4 heteroatoms. The summed E-state index contributed by atoms with van der Waals surface area (Å²) in [4.78, 5) is 0. The number of nitrogens with two attached hydrogens (primary N) is 1. The molecule has 0 amide bonds. The monoisotopic (exact) mass is 249 g/mol. The summed E-state index contributed by atoms with van der Waals surface area (Å²) in [6.07, 6.45) is 1.13. The van der Waals surface area contributed by atoms with Gasteiger partial charge in [0.05, 0.1) is 0 Å². The number of hydrogen-bond acceptors (Lipinski definition) is 3. The van der Waals surface area contributed by atoms with E-state index < -0.39 is 0 Å². The van der Waals surface area contributed by atoms with Crippen molar-refractivity contribution in [2.75, 3.05) is 6.54 Å². The fourth-order valence-corrected chi connectivity index (χ4v) is 1.64. The molecule has 0 bridgehead atoms. The molecule has 18 heavy (non-hydrogen) atoms. The van der Waals surface area contributed by atoms with Gasteiger partial charge in [0, 0.05) is 18.7 Å². The Bertz CT molecular complexity index is 413. The molecule has 100 valence electrons. The number of amidine groups is 1. The van der Waals surface area contributed by atoms with Gasteiger partial charge in [0.15, 0.2) is 5.84 Å². The van der Waals surface area contributed by atoms with Crippen molar-refractivity contribution >= 4 is 5.84 Å². The largest absolute Gasteiger partial charge is 0.409 e. The van der Waals surface area contributed by atoms with Gasteiger partial charge in [-0.2, -0.15) is 0 Å². The van der Waals surface area contributed by atoms with Crippen molar-refractivity contribution < 1.29 is 5.21 Å². The van der Waals surface area contributed by atoms with Crippen LogP contribution in [0.2, 0.25) is 0 Å². The summed E-state index contributed by atoms with van der Waals surface area (Å²) in [6, 6.07) is 7.68. The maximum atomic E-state index is 8.75. The van der Waals surface area contributed by atoms with E-state index >= 15 is 0 Å². The Morgan fingerprint density at radius 2 is 2.06 bits per heavy atom. The predicted octanol–water partition coefficient (Wildman–Crippen LogP) is 2.31. The summed E-state index contributed by atoms with van der Waals surface area (Å²) >= 11 is 0. The molecule has 0 atom stereocenters. The van der Waals surface area contributed by atoms with Gasteiger partial charge in [-0.25, -0.2) is 0 Å². The molecule has 0 spiro atoms. The zero-order valence-electron chi connectivity index (χ0n) is 11.4. The summed E-state index contributed by atoms with van der Waals surface area (Å²) in [7, 11) is 0. The van der Waals surface area contributed by atoms with E-state index in [4.69, 9.17) is 10.9 Å². The Balaban J connectivity index is 2.68. The summed E-state index contributed by atoms with van der Waals surface area (Å²) in [5, 5.41) is 15.2. The Hall–Kier alpha value is -1.55. The third-order valence-corrected chi connectivity index (χ3v) is 3.28. The van der Waals surface area contributed by atoms with Gasteiger partial charge in [-0.1, -0.05) is 50.2 Å². The summed E-state index contributed by atoms with van der Waals surface area (Å²) in [5.41, 5.74) is 7.76. The number of rotatable bonds is 6. The van der Waals surface area contributed by atoms with Gasteiger partial charge < -0.3 is 16.3 Å². The molecule has 0 aliphatic rings. The van der Waals surface area contributed by atoms with Gasteiger partial charge in [0.25, 0.3) is 0 Å². The highest BCUT2D eigenvalue weighted by Crippen LogP contribution is 2.18. The molecule has 0 aromatic heterocycles. The minimum atomic E-state index is 0.155. The Morgan fingerprint density at radius 1 is 1.39 bits per heavy atom. The third-order valence-electron chi connectivity index (χ3n) is 3.28. The molecular weight excluding hydrogens is 226 g/mol.